The van der Waals surface area contributed by atoms with E-state index in [1.165, 1.54) is 57.1 Å². The summed E-state index contributed by atoms with van der Waals surface area (Å²) in [7, 11) is 0. The lowest BCUT2D eigenvalue weighted by Crippen LogP contribution is -2.59. The molecule has 2 heteroatoms. The van der Waals surface area contributed by atoms with Crippen molar-refractivity contribution in [1.82, 2.24) is 10.3 Å². The molecule has 3 aliphatic carbocycles. The van der Waals surface area contributed by atoms with Crippen molar-refractivity contribution in [3.05, 3.63) is 36.2 Å². The molecule has 1 aliphatic heterocycles. The number of hydrogen-bond donors (Lipinski definition) is 1. The molecule has 2 nitrogen and oxygen atoms in total. The van der Waals surface area contributed by atoms with Crippen LogP contribution in [0.3, 0.4) is 0 Å². The number of nitrogens with zero attached hydrogens (tertiary/aromatic N) is 1. The summed E-state index contributed by atoms with van der Waals surface area (Å²) in [5, 5.41) is 3.88. The fourth-order valence-electron chi connectivity index (χ4n) is 7.43. The van der Waals surface area contributed by atoms with E-state index in [9.17, 15) is 0 Å². The quantitative estimate of drug-likeness (QED) is 0.774. The first-order valence-corrected chi connectivity index (χ1v) is 10.5. The average Bonchev–Trinajstić information content (AvgIpc) is 2.99. The Bertz CT molecular complexity index is 681. The topological polar surface area (TPSA) is 24.9 Å². The lowest BCUT2D eigenvalue weighted by molar-refractivity contribution is -0.0759. The molecule has 25 heavy (non-hydrogen) atoms. The van der Waals surface area contributed by atoms with Crippen molar-refractivity contribution in [2.75, 3.05) is 6.54 Å². The zero-order valence-electron chi connectivity index (χ0n) is 15.8. The minimum Gasteiger partial charge on any atom is -0.313 e. The predicted molar refractivity (Wildman–Crippen MR) is 103 cm³/mol. The molecule has 1 aromatic heterocycles. The standard InChI is InChI=1S/C23H32N2/c1-22-12-10-20-17(6-9-21-23(20,2)11-4-14-25-21)19(22)8-7-18(22)16-5-3-13-24-15-16/h3,5,7,13,15,17,19-21,25H,4,6,8-12,14H2,1-2H3/t17?,19-,20-,21?,22+,23?/m0/s1. The molecule has 2 saturated carbocycles. The molecule has 3 unspecified atom stereocenters. The molecule has 1 N–H and O–H groups in total. The fourth-order valence-corrected chi connectivity index (χ4v) is 7.43. The Labute approximate surface area is 152 Å². The first-order chi connectivity index (χ1) is 12.1. The molecular weight excluding hydrogens is 304 g/mol. The monoisotopic (exact) mass is 336 g/mol. The van der Waals surface area contributed by atoms with E-state index in [2.05, 4.69) is 48.6 Å². The van der Waals surface area contributed by atoms with Crippen LogP contribution in [0.25, 0.3) is 5.57 Å². The van der Waals surface area contributed by atoms with Crippen LogP contribution in [0, 0.1) is 28.6 Å². The highest BCUT2D eigenvalue weighted by atomic mass is 15.0. The number of hydrogen-bond acceptors (Lipinski definition) is 2. The summed E-state index contributed by atoms with van der Waals surface area (Å²) in [5.74, 6) is 2.70. The Morgan fingerprint density at radius 3 is 2.88 bits per heavy atom. The van der Waals surface area contributed by atoms with E-state index in [4.69, 9.17) is 0 Å². The number of aromatic nitrogens is 1. The number of piperidine rings is 1. The van der Waals surface area contributed by atoms with Crippen molar-refractivity contribution < 1.29 is 0 Å². The third-order valence-corrected chi connectivity index (χ3v) is 8.71. The van der Waals surface area contributed by atoms with Gasteiger partial charge in [0.25, 0.3) is 0 Å². The van der Waals surface area contributed by atoms with Crippen LogP contribution in [0.4, 0.5) is 0 Å². The molecule has 0 amide bonds. The van der Waals surface area contributed by atoms with Gasteiger partial charge >= 0.3 is 0 Å². The van der Waals surface area contributed by atoms with E-state index in [0.29, 0.717) is 10.8 Å². The smallest absolute Gasteiger partial charge is 0.0343 e. The number of rotatable bonds is 1. The van der Waals surface area contributed by atoms with Crippen molar-refractivity contribution in [1.29, 1.82) is 0 Å². The number of nitrogens with one attached hydrogen (secondary N) is 1. The normalized spacial score (nSPS) is 45.9. The maximum absolute atomic E-state index is 4.40. The van der Waals surface area contributed by atoms with Crippen molar-refractivity contribution in [3.8, 4) is 0 Å². The summed E-state index contributed by atoms with van der Waals surface area (Å²) in [6.07, 6.45) is 16.3. The average molecular weight is 337 g/mol. The van der Waals surface area contributed by atoms with Crippen LogP contribution in [-0.2, 0) is 0 Å². The van der Waals surface area contributed by atoms with Crippen LogP contribution in [0.2, 0.25) is 0 Å². The minimum absolute atomic E-state index is 0.371. The fraction of sp³-hybridized carbons (Fsp3) is 0.696. The second kappa shape index (κ2) is 5.67. The molecule has 4 aliphatic rings. The highest BCUT2D eigenvalue weighted by Gasteiger charge is 2.58. The van der Waals surface area contributed by atoms with E-state index >= 15 is 0 Å². The minimum atomic E-state index is 0.371. The van der Waals surface area contributed by atoms with Crippen molar-refractivity contribution in [3.63, 3.8) is 0 Å². The second-order valence-corrected chi connectivity index (χ2v) is 9.62. The van der Waals surface area contributed by atoms with Crippen LogP contribution in [0.5, 0.6) is 0 Å². The molecule has 3 fully saturated rings. The van der Waals surface area contributed by atoms with Crippen LogP contribution in [0.15, 0.2) is 30.6 Å². The Balaban J connectivity index is 1.46. The van der Waals surface area contributed by atoms with Gasteiger partial charge in [-0.15, -0.1) is 0 Å². The highest BCUT2D eigenvalue weighted by Crippen LogP contribution is 2.65. The summed E-state index contributed by atoms with van der Waals surface area (Å²) in [6, 6.07) is 5.14. The molecule has 5 rings (SSSR count). The zero-order chi connectivity index (χ0) is 17.1. The number of fused-ring (bicyclic) bond motifs is 5. The summed E-state index contributed by atoms with van der Waals surface area (Å²) in [6.45, 7) is 6.42. The lowest BCUT2D eigenvalue weighted by atomic mass is 9.47. The van der Waals surface area contributed by atoms with Gasteiger partial charge in [-0.25, -0.2) is 0 Å². The molecule has 1 aromatic rings. The van der Waals surface area contributed by atoms with Gasteiger partial charge in [0.05, 0.1) is 0 Å². The van der Waals surface area contributed by atoms with Gasteiger partial charge in [-0.1, -0.05) is 26.0 Å². The Morgan fingerprint density at radius 1 is 1.12 bits per heavy atom. The van der Waals surface area contributed by atoms with Crippen LogP contribution < -0.4 is 5.32 Å². The molecule has 6 atom stereocenters. The van der Waals surface area contributed by atoms with E-state index in [-0.39, 0.29) is 0 Å². The predicted octanol–water partition coefficient (Wildman–Crippen LogP) is 5.07. The van der Waals surface area contributed by atoms with Crippen molar-refractivity contribution in [2.24, 2.45) is 28.6 Å². The van der Waals surface area contributed by atoms with Crippen LogP contribution >= 0.6 is 0 Å². The van der Waals surface area contributed by atoms with Gasteiger partial charge < -0.3 is 5.32 Å². The van der Waals surface area contributed by atoms with Gasteiger partial charge in [0.1, 0.15) is 0 Å². The van der Waals surface area contributed by atoms with Gasteiger partial charge in [0.15, 0.2) is 0 Å². The van der Waals surface area contributed by atoms with E-state index in [0.717, 1.165) is 23.8 Å². The molecular formula is C23H32N2. The molecule has 0 radical (unpaired) electrons. The van der Waals surface area contributed by atoms with Crippen molar-refractivity contribution in [2.45, 2.75) is 64.8 Å². The molecule has 0 bridgehead atoms. The maximum Gasteiger partial charge on any atom is 0.0343 e. The summed E-state index contributed by atoms with van der Waals surface area (Å²) < 4.78 is 0. The third-order valence-electron chi connectivity index (χ3n) is 8.71. The van der Waals surface area contributed by atoms with Gasteiger partial charge in [0, 0.05) is 18.4 Å². The van der Waals surface area contributed by atoms with E-state index < -0.39 is 0 Å². The van der Waals surface area contributed by atoms with Gasteiger partial charge in [0.2, 0.25) is 0 Å². The molecule has 2 heterocycles. The third kappa shape index (κ3) is 2.22. The van der Waals surface area contributed by atoms with Gasteiger partial charge in [-0.3, -0.25) is 4.98 Å². The molecule has 0 spiro atoms. The van der Waals surface area contributed by atoms with Crippen LogP contribution in [-0.4, -0.2) is 17.6 Å². The largest absolute Gasteiger partial charge is 0.313 e. The Kier molecular flexibility index (Phi) is 3.64. The van der Waals surface area contributed by atoms with Crippen LogP contribution in [0.1, 0.15) is 64.4 Å². The Morgan fingerprint density at radius 2 is 2.04 bits per heavy atom. The Hall–Kier alpha value is -1.15. The van der Waals surface area contributed by atoms with E-state index in [1.54, 1.807) is 5.57 Å². The zero-order valence-corrected chi connectivity index (χ0v) is 15.8. The summed E-state index contributed by atoms with van der Waals surface area (Å²) in [4.78, 5) is 4.40. The van der Waals surface area contributed by atoms with Gasteiger partial charge in [-0.2, -0.15) is 0 Å². The first kappa shape index (κ1) is 16.1. The number of pyridine rings is 1. The maximum atomic E-state index is 4.40. The molecule has 134 valence electrons. The number of allylic oxidation sites excluding steroid dienone is 2. The highest BCUT2D eigenvalue weighted by molar-refractivity contribution is 5.72. The molecule has 0 aromatic carbocycles. The first-order valence-electron chi connectivity index (χ1n) is 10.5. The van der Waals surface area contributed by atoms with Gasteiger partial charge in [-0.05, 0) is 97.3 Å². The SMILES string of the molecule is CC12CCCNC1CCC1[C@@H]2CC[C@]2(C)C(c3cccnc3)=CC[C@@H]12. The summed E-state index contributed by atoms with van der Waals surface area (Å²) in [5.41, 5.74) is 3.87. The van der Waals surface area contributed by atoms with Crippen molar-refractivity contribution >= 4 is 5.57 Å². The molecule has 1 saturated heterocycles. The summed E-state index contributed by atoms with van der Waals surface area (Å²) >= 11 is 0. The lowest BCUT2D eigenvalue weighted by Gasteiger charge is -2.60. The second-order valence-electron chi connectivity index (χ2n) is 9.62. The van der Waals surface area contributed by atoms with E-state index in [1.807, 2.05) is 6.20 Å².